The lowest BCUT2D eigenvalue weighted by molar-refractivity contribution is -0.135. The van der Waals surface area contributed by atoms with Crippen LogP contribution in [0.15, 0.2) is 46.8 Å². The summed E-state index contributed by atoms with van der Waals surface area (Å²) < 4.78 is 5.15. The number of nitriles is 1. The van der Waals surface area contributed by atoms with Crippen molar-refractivity contribution in [2.45, 2.75) is 40.0 Å². The van der Waals surface area contributed by atoms with Crippen molar-refractivity contribution in [3.8, 4) is 6.07 Å². The highest BCUT2D eigenvalue weighted by molar-refractivity contribution is 6.01. The fourth-order valence-electron chi connectivity index (χ4n) is 4.63. The minimum absolute atomic E-state index is 0.0100. The molecule has 0 atom stereocenters. The van der Waals surface area contributed by atoms with Gasteiger partial charge in [0, 0.05) is 25.0 Å². The van der Waals surface area contributed by atoms with Crippen LogP contribution in [0.2, 0.25) is 0 Å². The van der Waals surface area contributed by atoms with Crippen molar-refractivity contribution < 1.29 is 24.5 Å². The van der Waals surface area contributed by atoms with E-state index in [2.05, 4.69) is 6.07 Å². The van der Waals surface area contributed by atoms with Crippen molar-refractivity contribution in [3.05, 3.63) is 57.9 Å². The van der Waals surface area contributed by atoms with Crippen molar-refractivity contribution in [2.75, 3.05) is 20.3 Å². The van der Waals surface area contributed by atoms with Crippen molar-refractivity contribution in [3.63, 3.8) is 0 Å². The van der Waals surface area contributed by atoms with Crippen molar-refractivity contribution >= 4 is 11.9 Å². The number of nitrogens with zero attached hydrogens (tertiary/aromatic N) is 2. The molecule has 1 aliphatic rings. The van der Waals surface area contributed by atoms with E-state index in [1.807, 2.05) is 20.8 Å². The van der Waals surface area contributed by atoms with Gasteiger partial charge in [-0.15, -0.1) is 0 Å². The molecule has 0 spiro atoms. The Hall–Kier alpha value is -3.11. The van der Waals surface area contributed by atoms with Gasteiger partial charge >= 0.3 is 11.9 Å². The Kier molecular flexibility index (Phi) is 6.43. The van der Waals surface area contributed by atoms with Gasteiger partial charge in [0.25, 0.3) is 0 Å². The van der Waals surface area contributed by atoms with Crippen LogP contribution in [0.5, 0.6) is 0 Å². The molecule has 2 rings (SSSR count). The van der Waals surface area contributed by atoms with Crippen molar-refractivity contribution in [1.29, 1.82) is 5.26 Å². The van der Waals surface area contributed by atoms with Crippen LogP contribution in [-0.2, 0) is 19.7 Å². The zero-order chi connectivity index (χ0) is 22.9. The largest absolute Gasteiger partial charge is 0.478 e. The summed E-state index contributed by atoms with van der Waals surface area (Å²) in [6.45, 7) is 9.47. The summed E-state index contributed by atoms with van der Waals surface area (Å²) in [6, 6.07) is 8.62. The molecule has 0 aliphatic carbocycles. The summed E-state index contributed by atoms with van der Waals surface area (Å²) in [5.41, 5.74) is -0.614. The molecular weight excluding hydrogens is 384 g/mol. The van der Waals surface area contributed by atoms with Gasteiger partial charge in [-0.2, -0.15) is 5.26 Å². The molecule has 0 saturated carbocycles. The van der Waals surface area contributed by atoms with E-state index in [9.17, 15) is 25.1 Å². The van der Waals surface area contributed by atoms with E-state index in [0.717, 1.165) is 0 Å². The topological polar surface area (TPSA) is 111 Å². The molecule has 1 heterocycles. The van der Waals surface area contributed by atoms with Gasteiger partial charge in [0.05, 0.1) is 34.8 Å². The lowest BCUT2D eigenvalue weighted by Crippen LogP contribution is -2.53. The molecule has 1 aromatic rings. The first kappa shape index (κ1) is 23.2. The van der Waals surface area contributed by atoms with Crippen LogP contribution < -0.4 is 0 Å². The number of ether oxygens (including phenoxy) is 1. The second kappa shape index (κ2) is 8.33. The van der Waals surface area contributed by atoms with Crippen LogP contribution in [0.3, 0.4) is 0 Å². The van der Waals surface area contributed by atoms with Crippen molar-refractivity contribution in [2.24, 2.45) is 5.41 Å². The third-order valence-corrected chi connectivity index (χ3v) is 5.78. The van der Waals surface area contributed by atoms with Gasteiger partial charge < -0.3 is 19.8 Å². The summed E-state index contributed by atoms with van der Waals surface area (Å²) in [7, 11) is 1.53. The lowest BCUT2D eigenvalue weighted by Gasteiger charge is -2.51. The smallest absolute Gasteiger partial charge is 0.334 e. The monoisotopic (exact) mass is 412 g/mol. The quantitative estimate of drug-likeness (QED) is 0.735. The number of hydrogen-bond donors (Lipinski definition) is 2. The SMILES string of the molecule is COCCN1C(C)=C(C(=O)O)C(c2cccc(C#N)c2)(C(C)(C)C)C(C(=O)O)=C1C. The molecule has 0 radical (unpaired) electrons. The highest BCUT2D eigenvalue weighted by atomic mass is 16.5. The second-order valence-corrected chi connectivity index (χ2v) is 8.37. The Balaban J connectivity index is 3.09. The van der Waals surface area contributed by atoms with Crippen LogP contribution in [0.1, 0.15) is 45.7 Å². The molecule has 7 heteroatoms. The third-order valence-electron chi connectivity index (χ3n) is 5.78. The van der Waals surface area contributed by atoms with Gasteiger partial charge in [0.1, 0.15) is 0 Å². The fourth-order valence-corrected chi connectivity index (χ4v) is 4.63. The summed E-state index contributed by atoms with van der Waals surface area (Å²) in [5, 5.41) is 30.1. The summed E-state index contributed by atoms with van der Waals surface area (Å²) in [5.74, 6) is -2.39. The van der Waals surface area contributed by atoms with Crippen LogP contribution in [0.4, 0.5) is 0 Å². The molecule has 0 fully saturated rings. The van der Waals surface area contributed by atoms with E-state index in [1.165, 1.54) is 7.11 Å². The maximum Gasteiger partial charge on any atom is 0.334 e. The number of carboxylic acid groups (broad SMARTS) is 2. The van der Waals surface area contributed by atoms with Crippen LogP contribution in [-0.4, -0.2) is 47.3 Å². The number of carboxylic acids is 2. The number of rotatable bonds is 6. The molecule has 1 aromatic carbocycles. The number of benzene rings is 1. The summed E-state index contributed by atoms with van der Waals surface area (Å²) in [4.78, 5) is 27.0. The highest BCUT2D eigenvalue weighted by Gasteiger charge is 2.58. The Morgan fingerprint density at radius 3 is 2.07 bits per heavy atom. The first-order valence-electron chi connectivity index (χ1n) is 9.61. The molecule has 7 nitrogen and oxygen atoms in total. The fraction of sp³-hybridized carbons (Fsp3) is 0.435. The molecule has 0 bridgehead atoms. The normalized spacial score (nSPS) is 16.5. The highest BCUT2D eigenvalue weighted by Crippen LogP contribution is 2.56. The average molecular weight is 412 g/mol. The van der Waals surface area contributed by atoms with E-state index >= 15 is 0 Å². The number of allylic oxidation sites excluding steroid dienone is 2. The standard InChI is InChI=1S/C23H28N2O5/c1-14-18(20(26)27)23(22(3,4)5,17-9-7-8-16(12-17)13-24)19(21(28)29)15(2)25(14)10-11-30-6/h7-9,12H,10-11H2,1-6H3,(H,26,27)(H,28,29). The second-order valence-electron chi connectivity index (χ2n) is 8.37. The number of methoxy groups -OCH3 is 1. The van der Waals surface area contributed by atoms with Gasteiger partial charge in [0.2, 0.25) is 0 Å². The first-order valence-corrected chi connectivity index (χ1v) is 9.61. The van der Waals surface area contributed by atoms with Gasteiger partial charge in [-0.3, -0.25) is 0 Å². The molecular formula is C23H28N2O5. The zero-order valence-corrected chi connectivity index (χ0v) is 18.2. The minimum atomic E-state index is -1.48. The Morgan fingerprint density at radius 1 is 1.13 bits per heavy atom. The van der Waals surface area contributed by atoms with E-state index in [-0.39, 0.29) is 11.1 Å². The molecule has 0 saturated heterocycles. The van der Waals surface area contributed by atoms with E-state index in [1.54, 1.807) is 43.0 Å². The number of hydrogen-bond acceptors (Lipinski definition) is 5. The van der Waals surface area contributed by atoms with Crippen molar-refractivity contribution in [1.82, 2.24) is 4.90 Å². The van der Waals surface area contributed by atoms with Gasteiger partial charge in [-0.25, -0.2) is 9.59 Å². The lowest BCUT2D eigenvalue weighted by atomic mass is 9.53. The first-order chi connectivity index (χ1) is 13.9. The maximum absolute atomic E-state index is 12.7. The summed E-state index contributed by atoms with van der Waals surface area (Å²) >= 11 is 0. The predicted molar refractivity (Wildman–Crippen MR) is 112 cm³/mol. The molecule has 2 N–H and O–H groups in total. The Bertz CT molecular complexity index is 938. The summed E-state index contributed by atoms with van der Waals surface area (Å²) in [6.07, 6.45) is 0. The van der Waals surface area contributed by atoms with Crippen LogP contribution >= 0.6 is 0 Å². The van der Waals surface area contributed by atoms with E-state index in [0.29, 0.717) is 35.7 Å². The Morgan fingerprint density at radius 2 is 1.67 bits per heavy atom. The number of aliphatic carboxylic acids is 2. The third kappa shape index (κ3) is 3.48. The van der Waals surface area contributed by atoms with E-state index in [4.69, 9.17) is 4.74 Å². The van der Waals surface area contributed by atoms with Crippen LogP contribution in [0.25, 0.3) is 0 Å². The predicted octanol–water partition coefficient (Wildman–Crippen LogP) is 3.52. The molecule has 0 unspecified atom stereocenters. The number of carbonyl (C=O) groups is 2. The molecule has 0 amide bonds. The molecule has 160 valence electrons. The zero-order valence-electron chi connectivity index (χ0n) is 18.2. The molecule has 1 aliphatic heterocycles. The molecule has 30 heavy (non-hydrogen) atoms. The van der Waals surface area contributed by atoms with Crippen LogP contribution in [0, 0.1) is 16.7 Å². The van der Waals surface area contributed by atoms with Gasteiger partial charge in [-0.1, -0.05) is 32.9 Å². The van der Waals surface area contributed by atoms with E-state index < -0.39 is 22.8 Å². The Labute approximate surface area is 176 Å². The maximum atomic E-state index is 12.7. The van der Waals surface area contributed by atoms with Gasteiger partial charge in [-0.05, 0) is 37.0 Å². The minimum Gasteiger partial charge on any atom is -0.478 e. The average Bonchev–Trinajstić information content (AvgIpc) is 2.65. The van der Waals surface area contributed by atoms with Gasteiger partial charge in [0.15, 0.2) is 0 Å². The molecule has 0 aromatic heterocycles.